The Bertz CT molecular complexity index is 910. The van der Waals surface area contributed by atoms with Crippen LogP contribution in [0.25, 0.3) is 6.08 Å². The summed E-state index contributed by atoms with van der Waals surface area (Å²) in [7, 11) is 1.61. The Morgan fingerprint density at radius 3 is 2.72 bits per heavy atom. The summed E-state index contributed by atoms with van der Waals surface area (Å²) in [4.78, 5) is 31.5. The van der Waals surface area contributed by atoms with Gasteiger partial charge in [0.1, 0.15) is 10.1 Å². The highest BCUT2D eigenvalue weighted by atomic mass is 32.2. The predicted octanol–water partition coefficient (Wildman–Crippen LogP) is 3.80. The maximum atomic E-state index is 14.1. The van der Waals surface area contributed by atoms with Gasteiger partial charge in [0.25, 0.3) is 5.91 Å². The molecule has 0 N–H and O–H groups in total. The van der Waals surface area contributed by atoms with Gasteiger partial charge in [-0.3, -0.25) is 19.4 Å². The molecular formula is C16H12FN3O2S3. The quantitative estimate of drug-likeness (QED) is 0.587. The maximum Gasteiger partial charge on any atom is 0.265 e. The van der Waals surface area contributed by atoms with Crippen molar-refractivity contribution >= 4 is 68.3 Å². The molecule has 0 unspecified atom stereocenters. The molecule has 1 aliphatic rings. The highest BCUT2D eigenvalue weighted by molar-refractivity contribution is 8.26. The molecule has 9 heteroatoms. The Balaban J connectivity index is 1.95. The Hall–Kier alpha value is -2.10. The van der Waals surface area contributed by atoms with Crippen molar-refractivity contribution in [3.8, 4) is 0 Å². The monoisotopic (exact) mass is 393 g/mol. The van der Waals surface area contributed by atoms with Crippen molar-refractivity contribution in [2.45, 2.75) is 6.92 Å². The van der Waals surface area contributed by atoms with Gasteiger partial charge in [0.05, 0.1) is 16.3 Å². The zero-order valence-corrected chi connectivity index (χ0v) is 15.7. The third kappa shape index (κ3) is 3.48. The number of amides is 2. The average molecular weight is 393 g/mol. The lowest BCUT2D eigenvalue weighted by Gasteiger charge is -2.18. The minimum Gasteiger partial charge on any atom is -0.296 e. The summed E-state index contributed by atoms with van der Waals surface area (Å²) in [5.74, 6) is -1.06. The summed E-state index contributed by atoms with van der Waals surface area (Å²) in [6.07, 6.45) is 1.61. The van der Waals surface area contributed by atoms with E-state index in [0.717, 1.165) is 0 Å². The fraction of sp³-hybridized carbons (Fsp3) is 0.125. The van der Waals surface area contributed by atoms with Gasteiger partial charge >= 0.3 is 0 Å². The molecule has 1 aromatic heterocycles. The molecule has 0 atom stereocenters. The van der Waals surface area contributed by atoms with Crippen LogP contribution in [0, 0.1) is 5.82 Å². The van der Waals surface area contributed by atoms with E-state index >= 15 is 0 Å². The zero-order valence-electron chi connectivity index (χ0n) is 13.2. The molecule has 0 spiro atoms. The fourth-order valence-electron chi connectivity index (χ4n) is 2.17. The molecular weight excluding hydrogens is 381 g/mol. The zero-order chi connectivity index (χ0) is 18.1. The van der Waals surface area contributed by atoms with E-state index in [4.69, 9.17) is 12.2 Å². The lowest BCUT2D eigenvalue weighted by atomic mass is 10.3. The number of anilines is 2. The van der Waals surface area contributed by atoms with Gasteiger partial charge in [-0.2, -0.15) is 0 Å². The van der Waals surface area contributed by atoms with Gasteiger partial charge in [0, 0.05) is 19.4 Å². The van der Waals surface area contributed by atoms with Crippen LogP contribution in [0.5, 0.6) is 0 Å². The second-order valence-electron chi connectivity index (χ2n) is 5.10. The van der Waals surface area contributed by atoms with Crippen LogP contribution in [0.1, 0.15) is 12.6 Å². The maximum absolute atomic E-state index is 14.1. The van der Waals surface area contributed by atoms with Gasteiger partial charge in [-0.1, -0.05) is 36.1 Å². The van der Waals surface area contributed by atoms with Gasteiger partial charge in [-0.15, -0.1) is 11.3 Å². The summed E-state index contributed by atoms with van der Waals surface area (Å²) in [6.45, 7) is 1.34. The van der Waals surface area contributed by atoms with Crippen molar-refractivity contribution in [2.24, 2.45) is 0 Å². The minimum absolute atomic E-state index is 0.135. The van der Waals surface area contributed by atoms with Gasteiger partial charge < -0.3 is 0 Å². The van der Waals surface area contributed by atoms with Crippen molar-refractivity contribution < 1.29 is 14.0 Å². The first kappa shape index (κ1) is 17.7. The van der Waals surface area contributed by atoms with E-state index in [2.05, 4.69) is 4.98 Å². The Morgan fingerprint density at radius 2 is 2.12 bits per heavy atom. The second kappa shape index (κ2) is 7.03. The average Bonchev–Trinajstić information content (AvgIpc) is 3.11. The minimum atomic E-state index is -0.513. The summed E-state index contributed by atoms with van der Waals surface area (Å²) in [5.41, 5.74) is 0.646. The van der Waals surface area contributed by atoms with Crippen LogP contribution in [0.4, 0.5) is 15.2 Å². The van der Waals surface area contributed by atoms with E-state index in [9.17, 15) is 14.0 Å². The molecule has 2 amide bonds. The van der Waals surface area contributed by atoms with Gasteiger partial charge in [-0.05, 0) is 18.2 Å². The number of nitrogens with zero attached hydrogens (tertiary/aromatic N) is 3. The molecule has 0 aliphatic carbocycles. The van der Waals surface area contributed by atoms with Crippen LogP contribution in [0.3, 0.4) is 0 Å². The SMILES string of the molecule is CC(=O)N(c1nc(/C=C2/SC(=S)N(C)C2=O)cs1)c1ccccc1F. The van der Waals surface area contributed by atoms with Gasteiger partial charge in [0.15, 0.2) is 5.13 Å². The molecule has 0 radical (unpaired) electrons. The molecule has 2 heterocycles. The van der Waals surface area contributed by atoms with E-state index in [-0.39, 0.29) is 17.5 Å². The van der Waals surface area contributed by atoms with Gasteiger partial charge in [0.2, 0.25) is 5.91 Å². The molecule has 3 rings (SSSR count). The van der Waals surface area contributed by atoms with Crippen LogP contribution in [-0.4, -0.2) is 33.1 Å². The van der Waals surface area contributed by atoms with Crippen molar-refractivity contribution in [3.63, 3.8) is 0 Å². The summed E-state index contributed by atoms with van der Waals surface area (Å²) < 4.78 is 14.5. The normalized spacial score (nSPS) is 16.0. The van der Waals surface area contributed by atoms with Crippen LogP contribution < -0.4 is 4.90 Å². The molecule has 25 heavy (non-hydrogen) atoms. The number of carbonyl (C=O) groups excluding carboxylic acids is 2. The van der Waals surface area contributed by atoms with E-state index in [1.54, 1.807) is 30.6 Å². The van der Waals surface area contributed by atoms with E-state index in [1.807, 2.05) is 0 Å². The largest absolute Gasteiger partial charge is 0.296 e. The number of aromatic nitrogens is 1. The second-order valence-corrected chi connectivity index (χ2v) is 7.61. The highest BCUT2D eigenvalue weighted by Crippen LogP contribution is 2.34. The molecule has 1 fully saturated rings. The standard InChI is InChI=1S/C16H12FN3O2S3/c1-9(21)20(12-6-4-3-5-11(12)17)15-18-10(8-24-15)7-13-14(22)19(2)16(23)25-13/h3-8H,1-2H3/b13-7+. The molecule has 2 aromatic rings. The Labute approximate surface area is 157 Å². The van der Waals surface area contributed by atoms with E-state index in [1.165, 1.54) is 52.0 Å². The predicted molar refractivity (Wildman–Crippen MR) is 102 cm³/mol. The summed E-state index contributed by atoms with van der Waals surface area (Å²) in [5, 5.41) is 2.03. The highest BCUT2D eigenvalue weighted by Gasteiger charge is 2.29. The molecule has 0 bridgehead atoms. The topological polar surface area (TPSA) is 53.5 Å². The van der Waals surface area contributed by atoms with Crippen molar-refractivity contribution in [2.75, 3.05) is 11.9 Å². The number of benzene rings is 1. The Morgan fingerprint density at radius 1 is 1.40 bits per heavy atom. The number of halogens is 1. The van der Waals surface area contributed by atoms with Crippen molar-refractivity contribution in [1.82, 2.24) is 9.88 Å². The van der Waals surface area contributed by atoms with Gasteiger partial charge in [-0.25, -0.2) is 9.37 Å². The van der Waals surface area contributed by atoms with Crippen LogP contribution in [0.2, 0.25) is 0 Å². The number of likely N-dealkylation sites (N-methyl/N-ethyl adjacent to an activating group) is 1. The molecule has 1 aromatic carbocycles. The van der Waals surface area contributed by atoms with Crippen LogP contribution >= 0.6 is 35.3 Å². The number of thiazole rings is 1. The molecule has 1 saturated heterocycles. The number of rotatable bonds is 3. The van der Waals surface area contributed by atoms with E-state index in [0.29, 0.717) is 20.1 Å². The fourth-order valence-corrected chi connectivity index (χ4v) is 4.17. The molecule has 0 saturated carbocycles. The van der Waals surface area contributed by atoms with Crippen molar-refractivity contribution in [1.29, 1.82) is 0 Å². The lowest BCUT2D eigenvalue weighted by Crippen LogP contribution is -2.23. The molecule has 5 nitrogen and oxygen atoms in total. The van der Waals surface area contributed by atoms with Crippen LogP contribution in [-0.2, 0) is 9.59 Å². The molecule has 128 valence electrons. The lowest BCUT2D eigenvalue weighted by molar-refractivity contribution is -0.121. The van der Waals surface area contributed by atoms with Crippen LogP contribution in [0.15, 0.2) is 34.6 Å². The number of thiocarbonyl (C=S) groups is 1. The number of carbonyl (C=O) groups is 2. The first-order chi connectivity index (χ1) is 11.9. The first-order valence-electron chi connectivity index (χ1n) is 7.11. The molecule has 1 aliphatic heterocycles. The number of thioether (sulfide) groups is 1. The smallest absolute Gasteiger partial charge is 0.265 e. The summed E-state index contributed by atoms with van der Waals surface area (Å²) >= 11 is 7.47. The first-order valence-corrected chi connectivity index (χ1v) is 9.21. The third-order valence-electron chi connectivity index (χ3n) is 3.37. The van der Waals surface area contributed by atoms with Crippen molar-refractivity contribution in [3.05, 3.63) is 46.1 Å². The number of hydrogen-bond acceptors (Lipinski definition) is 6. The Kier molecular flexibility index (Phi) is 4.98. The number of para-hydroxylation sites is 1. The van der Waals surface area contributed by atoms with E-state index < -0.39 is 5.82 Å². The summed E-state index contributed by atoms with van der Waals surface area (Å²) in [6, 6.07) is 6.00. The number of hydrogen-bond donors (Lipinski definition) is 0. The third-order valence-corrected chi connectivity index (χ3v) is 5.70.